The van der Waals surface area contributed by atoms with Gasteiger partial charge in [-0.25, -0.2) is 0 Å². The zero-order chi connectivity index (χ0) is 20.9. The second-order valence-electron chi connectivity index (χ2n) is 8.90. The molecule has 4 saturated carbocycles. The van der Waals surface area contributed by atoms with Gasteiger partial charge >= 0.3 is 6.18 Å². The van der Waals surface area contributed by atoms with Gasteiger partial charge in [-0.15, -0.1) is 11.6 Å². The van der Waals surface area contributed by atoms with Crippen LogP contribution in [-0.4, -0.2) is 31.1 Å². The fourth-order valence-corrected chi connectivity index (χ4v) is 6.53. The van der Waals surface area contributed by atoms with Crippen molar-refractivity contribution >= 4 is 23.2 Å². The van der Waals surface area contributed by atoms with E-state index >= 15 is 0 Å². The van der Waals surface area contributed by atoms with Crippen LogP contribution in [0.25, 0.3) is 0 Å². The number of amides is 1. The Hall–Kier alpha value is -1.47. The van der Waals surface area contributed by atoms with Crippen LogP contribution in [0, 0.1) is 17.3 Å². The van der Waals surface area contributed by atoms with E-state index in [1.807, 2.05) is 0 Å². The molecule has 4 aliphatic rings. The molecule has 29 heavy (non-hydrogen) atoms. The van der Waals surface area contributed by atoms with Gasteiger partial charge < -0.3 is 14.8 Å². The largest absolute Gasteiger partial charge is 0.489 e. The van der Waals surface area contributed by atoms with Crippen molar-refractivity contribution in [2.24, 2.45) is 17.3 Å². The monoisotopic (exact) mass is 431 g/mol. The van der Waals surface area contributed by atoms with Crippen LogP contribution in [-0.2, 0) is 15.7 Å². The topological polar surface area (TPSA) is 47.6 Å². The maximum absolute atomic E-state index is 13.3. The van der Waals surface area contributed by atoms with E-state index in [1.165, 1.54) is 13.2 Å². The van der Waals surface area contributed by atoms with E-state index in [0.29, 0.717) is 18.3 Å². The fourth-order valence-electron chi connectivity index (χ4n) is 5.84. The molecule has 0 unspecified atom stereocenters. The molecular weight excluding hydrogens is 407 g/mol. The Morgan fingerprint density at radius 3 is 2.48 bits per heavy atom. The summed E-state index contributed by atoms with van der Waals surface area (Å²) in [6.45, 7) is 0.460. The molecule has 5 rings (SSSR count). The van der Waals surface area contributed by atoms with Gasteiger partial charge in [-0.3, -0.25) is 4.79 Å². The number of carbonyl (C=O) groups excluding carboxylic acids is 1. The summed E-state index contributed by atoms with van der Waals surface area (Å²) in [6, 6.07) is 3.14. The summed E-state index contributed by atoms with van der Waals surface area (Å²) in [4.78, 5) is 13.0. The van der Waals surface area contributed by atoms with E-state index in [0.717, 1.165) is 44.2 Å². The molecule has 4 nitrogen and oxygen atoms in total. The molecule has 160 valence electrons. The first-order valence-electron chi connectivity index (χ1n) is 9.96. The number of rotatable bonds is 6. The van der Waals surface area contributed by atoms with Crippen LogP contribution in [0.15, 0.2) is 18.2 Å². The first kappa shape index (κ1) is 20.8. The molecule has 4 fully saturated rings. The standard InChI is InChI=1S/C21H25ClF3NO3/c1-28-4-5-29-17-3-2-15(21(23,24)25)7-16(17)26-18(27)19-8-13-6-14(9-19)11-20(22,10-13)12-19/h2-3,7,13-14H,4-6,8-12H2,1H3,(H,26,27)/t13-,14-,19?,20?/m1/s1. The minimum Gasteiger partial charge on any atom is -0.489 e. The highest BCUT2D eigenvalue weighted by atomic mass is 35.5. The van der Waals surface area contributed by atoms with Crippen LogP contribution in [0.4, 0.5) is 18.9 Å². The van der Waals surface area contributed by atoms with Crippen molar-refractivity contribution in [1.82, 2.24) is 0 Å². The summed E-state index contributed by atoms with van der Waals surface area (Å²) in [7, 11) is 1.51. The molecule has 0 aromatic heterocycles. The Balaban J connectivity index is 1.59. The highest BCUT2D eigenvalue weighted by Crippen LogP contribution is 2.64. The molecule has 0 radical (unpaired) electrons. The van der Waals surface area contributed by atoms with E-state index in [9.17, 15) is 18.0 Å². The average Bonchev–Trinajstić information content (AvgIpc) is 2.60. The van der Waals surface area contributed by atoms with Gasteiger partial charge in [0.25, 0.3) is 0 Å². The molecule has 1 aromatic rings. The number of nitrogens with one attached hydrogen (secondary N) is 1. The molecule has 0 heterocycles. The Kier molecular flexibility index (Phi) is 5.26. The molecule has 0 spiro atoms. The van der Waals surface area contributed by atoms with Crippen molar-refractivity contribution < 1.29 is 27.4 Å². The van der Waals surface area contributed by atoms with Crippen molar-refractivity contribution in [3.05, 3.63) is 23.8 Å². The average molecular weight is 432 g/mol. The zero-order valence-corrected chi connectivity index (χ0v) is 17.0. The van der Waals surface area contributed by atoms with Crippen molar-refractivity contribution in [2.75, 3.05) is 25.6 Å². The molecule has 1 N–H and O–H groups in total. The second-order valence-corrected chi connectivity index (χ2v) is 9.70. The number of hydrogen-bond donors (Lipinski definition) is 1. The Morgan fingerprint density at radius 2 is 1.90 bits per heavy atom. The van der Waals surface area contributed by atoms with Gasteiger partial charge in [0.05, 0.1) is 23.3 Å². The lowest BCUT2D eigenvalue weighted by molar-refractivity contribution is -0.139. The van der Waals surface area contributed by atoms with Crippen molar-refractivity contribution in [3.63, 3.8) is 0 Å². The van der Waals surface area contributed by atoms with Crippen LogP contribution < -0.4 is 10.1 Å². The van der Waals surface area contributed by atoms with Gasteiger partial charge in [0.15, 0.2) is 0 Å². The molecule has 4 bridgehead atoms. The van der Waals surface area contributed by atoms with Crippen LogP contribution in [0.3, 0.4) is 0 Å². The number of hydrogen-bond acceptors (Lipinski definition) is 3. The van der Waals surface area contributed by atoms with Gasteiger partial charge in [0.2, 0.25) is 5.91 Å². The van der Waals surface area contributed by atoms with E-state index < -0.39 is 17.2 Å². The van der Waals surface area contributed by atoms with Gasteiger partial charge in [0, 0.05) is 12.0 Å². The van der Waals surface area contributed by atoms with Crippen molar-refractivity contribution in [3.8, 4) is 5.75 Å². The van der Waals surface area contributed by atoms with E-state index in [1.54, 1.807) is 0 Å². The third-order valence-corrected chi connectivity index (χ3v) is 7.01. The van der Waals surface area contributed by atoms with Crippen LogP contribution in [0.1, 0.15) is 44.1 Å². The molecule has 0 aliphatic heterocycles. The van der Waals surface area contributed by atoms with Gasteiger partial charge in [-0.2, -0.15) is 13.2 Å². The van der Waals surface area contributed by atoms with E-state index in [2.05, 4.69) is 5.32 Å². The summed E-state index contributed by atoms with van der Waals surface area (Å²) >= 11 is 6.80. The molecule has 1 amide bonds. The molecule has 8 heteroatoms. The molecule has 2 atom stereocenters. The maximum Gasteiger partial charge on any atom is 0.416 e. The predicted molar refractivity (Wildman–Crippen MR) is 103 cm³/mol. The number of benzene rings is 1. The minimum absolute atomic E-state index is 0.0419. The number of anilines is 1. The summed E-state index contributed by atoms with van der Waals surface area (Å²) in [5, 5.41) is 2.76. The summed E-state index contributed by atoms with van der Waals surface area (Å²) < 4.78 is 50.1. The highest BCUT2D eigenvalue weighted by molar-refractivity contribution is 6.24. The lowest BCUT2D eigenvalue weighted by Gasteiger charge is -2.59. The first-order chi connectivity index (χ1) is 13.6. The van der Waals surface area contributed by atoms with E-state index in [4.69, 9.17) is 21.1 Å². The Bertz CT molecular complexity index is 784. The zero-order valence-electron chi connectivity index (χ0n) is 16.3. The smallest absolute Gasteiger partial charge is 0.416 e. The third kappa shape index (κ3) is 4.08. The van der Waals surface area contributed by atoms with Crippen molar-refractivity contribution in [1.29, 1.82) is 0 Å². The first-order valence-corrected chi connectivity index (χ1v) is 10.3. The Morgan fingerprint density at radius 1 is 1.21 bits per heavy atom. The predicted octanol–water partition coefficient (Wildman–Crippen LogP) is 5.25. The normalized spacial score (nSPS) is 33.0. The highest BCUT2D eigenvalue weighted by Gasteiger charge is 2.60. The van der Waals surface area contributed by atoms with Crippen LogP contribution >= 0.6 is 11.6 Å². The second kappa shape index (κ2) is 7.34. The van der Waals surface area contributed by atoms with Crippen molar-refractivity contribution in [2.45, 2.75) is 49.6 Å². The Labute approximate surface area is 173 Å². The fraction of sp³-hybridized carbons (Fsp3) is 0.667. The summed E-state index contributed by atoms with van der Waals surface area (Å²) in [6.07, 6.45) is 0.526. The van der Waals surface area contributed by atoms with Crippen LogP contribution in [0.2, 0.25) is 0 Å². The lowest BCUT2D eigenvalue weighted by Crippen LogP contribution is -2.57. The van der Waals surface area contributed by atoms with Crippen LogP contribution in [0.5, 0.6) is 5.75 Å². The molecule has 4 aliphatic carbocycles. The lowest BCUT2D eigenvalue weighted by atomic mass is 9.49. The molecular formula is C21H25ClF3NO3. The summed E-state index contributed by atoms with van der Waals surface area (Å²) in [5.74, 6) is 0.790. The minimum atomic E-state index is -4.51. The number of ether oxygens (including phenoxy) is 2. The third-order valence-electron chi connectivity index (χ3n) is 6.57. The number of carbonyl (C=O) groups is 1. The van der Waals surface area contributed by atoms with Gasteiger partial charge in [0.1, 0.15) is 12.4 Å². The number of halogens is 4. The molecule has 0 saturated heterocycles. The SMILES string of the molecule is COCCOc1ccc(C(F)(F)F)cc1NC(=O)C12C[C@H]3C[C@@H](CC(Cl)(C3)C1)C2. The van der Waals surface area contributed by atoms with Gasteiger partial charge in [-0.05, 0) is 68.6 Å². The number of methoxy groups -OCH3 is 1. The van der Waals surface area contributed by atoms with Gasteiger partial charge in [-0.1, -0.05) is 0 Å². The quantitative estimate of drug-likeness (QED) is 0.494. The molecule has 1 aromatic carbocycles. The maximum atomic E-state index is 13.3. The summed E-state index contributed by atoms with van der Waals surface area (Å²) in [5.41, 5.74) is -1.39. The van der Waals surface area contributed by atoms with E-state index in [-0.39, 0.29) is 35.4 Å². The number of alkyl halides is 4.